The zero-order valence-electron chi connectivity index (χ0n) is 10.2. The Balaban J connectivity index is 2.06. The Bertz CT molecular complexity index is 484. The summed E-state index contributed by atoms with van der Waals surface area (Å²) < 4.78 is 5.29. The second kappa shape index (κ2) is 5.18. The monoisotopic (exact) mass is 249 g/mol. The molecule has 0 fully saturated rings. The van der Waals surface area contributed by atoms with Crippen LogP contribution in [0.15, 0.2) is 18.2 Å². The van der Waals surface area contributed by atoms with Gasteiger partial charge in [-0.2, -0.15) is 0 Å². The fourth-order valence-corrected chi connectivity index (χ4v) is 1.89. The molecule has 5 nitrogen and oxygen atoms in total. The Morgan fingerprint density at radius 3 is 2.78 bits per heavy atom. The van der Waals surface area contributed by atoms with E-state index in [2.05, 4.69) is 0 Å². The number of nitrogens with zero attached hydrogens (tertiary/aromatic N) is 1. The SMILES string of the molecule is CN(CCC(=O)O)C(=O)c1ccc2c(c1)COC2. The highest BCUT2D eigenvalue weighted by Gasteiger charge is 2.17. The topological polar surface area (TPSA) is 66.8 Å². The zero-order valence-corrected chi connectivity index (χ0v) is 10.2. The van der Waals surface area contributed by atoms with E-state index < -0.39 is 5.97 Å². The lowest BCUT2D eigenvalue weighted by Crippen LogP contribution is -2.29. The minimum atomic E-state index is -0.906. The van der Waals surface area contributed by atoms with Crippen molar-refractivity contribution in [3.63, 3.8) is 0 Å². The molecule has 96 valence electrons. The van der Waals surface area contributed by atoms with Crippen molar-refractivity contribution < 1.29 is 19.4 Å². The van der Waals surface area contributed by atoms with Crippen LogP contribution in [0.2, 0.25) is 0 Å². The average molecular weight is 249 g/mol. The van der Waals surface area contributed by atoms with Gasteiger partial charge in [-0.1, -0.05) is 6.07 Å². The molecule has 0 saturated carbocycles. The molecule has 0 spiro atoms. The number of carbonyl (C=O) groups is 2. The van der Waals surface area contributed by atoms with Crippen LogP contribution in [0.5, 0.6) is 0 Å². The highest BCUT2D eigenvalue weighted by Crippen LogP contribution is 2.21. The summed E-state index contributed by atoms with van der Waals surface area (Å²) in [5, 5.41) is 8.59. The van der Waals surface area contributed by atoms with Gasteiger partial charge in [0.2, 0.25) is 0 Å². The summed E-state index contributed by atoms with van der Waals surface area (Å²) in [6.45, 7) is 1.34. The van der Waals surface area contributed by atoms with Gasteiger partial charge in [-0.05, 0) is 23.3 Å². The normalized spacial score (nSPS) is 13.2. The Kier molecular flexibility index (Phi) is 3.62. The van der Waals surface area contributed by atoms with Gasteiger partial charge < -0.3 is 14.7 Å². The second-order valence-corrected chi connectivity index (χ2v) is 4.35. The molecule has 1 aliphatic rings. The molecule has 0 saturated heterocycles. The molecule has 0 bridgehead atoms. The molecular formula is C13H15NO4. The maximum Gasteiger partial charge on any atom is 0.305 e. The van der Waals surface area contributed by atoms with Gasteiger partial charge in [0.05, 0.1) is 19.6 Å². The lowest BCUT2D eigenvalue weighted by atomic mass is 10.1. The molecule has 1 amide bonds. The largest absolute Gasteiger partial charge is 0.481 e. The highest BCUT2D eigenvalue weighted by atomic mass is 16.5. The molecule has 0 aromatic heterocycles. The number of hydrogen-bond acceptors (Lipinski definition) is 3. The fraction of sp³-hybridized carbons (Fsp3) is 0.385. The van der Waals surface area contributed by atoms with E-state index in [-0.39, 0.29) is 18.9 Å². The van der Waals surface area contributed by atoms with Crippen molar-refractivity contribution in [3.8, 4) is 0 Å². The first kappa shape index (κ1) is 12.6. The average Bonchev–Trinajstić information content (AvgIpc) is 2.81. The van der Waals surface area contributed by atoms with Crippen molar-refractivity contribution in [2.24, 2.45) is 0 Å². The number of aliphatic carboxylic acids is 1. The van der Waals surface area contributed by atoms with Gasteiger partial charge in [0.15, 0.2) is 0 Å². The summed E-state index contributed by atoms with van der Waals surface area (Å²) in [6.07, 6.45) is -0.0453. The molecule has 0 aliphatic carbocycles. The van der Waals surface area contributed by atoms with Crippen molar-refractivity contribution in [1.29, 1.82) is 0 Å². The number of rotatable bonds is 4. The summed E-state index contributed by atoms with van der Waals surface area (Å²) in [7, 11) is 1.61. The molecule has 1 aromatic rings. The van der Waals surface area contributed by atoms with Crippen molar-refractivity contribution in [2.75, 3.05) is 13.6 Å². The zero-order chi connectivity index (χ0) is 13.1. The molecule has 2 rings (SSSR count). The van der Waals surface area contributed by atoms with Crippen LogP contribution in [0.4, 0.5) is 0 Å². The van der Waals surface area contributed by atoms with Gasteiger partial charge >= 0.3 is 5.97 Å². The maximum absolute atomic E-state index is 12.0. The number of amides is 1. The van der Waals surface area contributed by atoms with Gasteiger partial charge in [0, 0.05) is 19.2 Å². The first-order valence-corrected chi connectivity index (χ1v) is 5.74. The van der Waals surface area contributed by atoms with E-state index >= 15 is 0 Å². The molecule has 0 radical (unpaired) electrons. The minimum Gasteiger partial charge on any atom is -0.481 e. The Hall–Kier alpha value is -1.88. The first-order valence-electron chi connectivity index (χ1n) is 5.74. The molecule has 0 unspecified atom stereocenters. The van der Waals surface area contributed by atoms with Gasteiger partial charge in [0.25, 0.3) is 5.91 Å². The van der Waals surface area contributed by atoms with Crippen LogP contribution in [0.3, 0.4) is 0 Å². The van der Waals surface area contributed by atoms with E-state index in [1.165, 1.54) is 4.90 Å². The molecular weight excluding hydrogens is 234 g/mol. The number of benzene rings is 1. The van der Waals surface area contributed by atoms with Crippen molar-refractivity contribution >= 4 is 11.9 Å². The predicted octanol–water partition coefficient (Wildman–Crippen LogP) is 1.26. The third-order valence-corrected chi connectivity index (χ3v) is 2.98. The standard InChI is InChI=1S/C13H15NO4/c1-14(5-4-12(15)16)13(17)9-2-3-10-7-18-8-11(10)6-9/h2-3,6H,4-5,7-8H2,1H3,(H,15,16). The molecule has 18 heavy (non-hydrogen) atoms. The fourth-order valence-electron chi connectivity index (χ4n) is 1.89. The van der Waals surface area contributed by atoms with Crippen LogP contribution in [0.1, 0.15) is 27.9 Å². The van der Waals surface area contributed by atoms with Crippen LogP contribution in [0.25, 0.3) is 0 Å². The van der Waals surface area contributed by atoms with E-state index in [0.29, 0.717) is 18.8 Å². The van der Waals surface area contributed by atoms with E-state index in [1.54, 1.807) is 13.1 Å². The molecule has 0 atom stereocenters. The van der Waals surface area contributed by atoms with Crippen LogP contribution in [-0.2, 0) is 22.7 Å². The lowest BCUT2D eigenvalue weighted by molar-refractivity contribution is -0.137. The summed E-state index contributed by atoms with van der Waals surface area (Å²) in [6, 6.07) is 5.47. The molecule has 5 heteroatoms. The van der Waals surface area contributed by atoms with Gasteiger partial charge in [-0.15, -0.1) is 0 Å². The Morgan fingerprint density at radius 1 is 1.33 bits per heavy atom. The molecule has 1 N–H and O–H groups in total. The Labute approximate surface area is 105 Å². The van der Waals surface area contributed by atoms with Gasteiger partial charge in [-0.3, -0.25) is 9.59 Å². The van der Waals surface area contributed by atoms with Crippen LogP contribution in [0, 0.1) is 0 Å². The van der Waals surface area contributed by atoms with Crippen molar-refractivity contribution in [3.05, 3.63) is 34.9 Å². The van der Waals surface area contributed by atoms with E-state index in [0.717, 1.165) is 11.1 Å². The summed E-state index contributed by atoms with van der Waals surface area (Å²) in [4.78, 5) is 23.9. The number of carbonyl (C=O) groups excluding carboxylic acids is 1. The van der Waals surface area contributed by atoms with Crippen molar-refractivity contribution in [2.45, 2.75) is 19.6 Å². The van der Waals surface area contributed by atoms with E-state index in [4.69, 9.17) is 9.84 Å². The van der Waals surface area contributed by atoms with Gasteiger partial charge in [-0.25, -0.2) is 0 Å². The van der Waals surface area contributed by atoms with Crippen molar-refractivity contribution in [1.82, 2.24) is 4.90 Å². The van der Waals surface area contributed by atoms with Crippen LogP contribution in [-0.4, -0.2) is 35.5 Å². The smallest absolute Gasteiger partial charge is 0.305 e. The molecule has 1 heterocycles. The van der Waals surface area contributed by atoms with Crippen LogP contribution < -0.4 is 0 Å². The van der Waals surface area contributed by atoms with E-state index in [9.17, 15) is 9.59 Å². The number of hydrogen-bond donors (Lipinski definition) is 1. The maximum atomic E-state index is 12.0. The van der Waals surface area contributed by atoms with Crippen LogP contribution >= 0.6 is 0 Å². The molecule has 1 aliphatic heterocycles. The first-order chi connectivity index (χ1) is 8.58. The van der Waals surface area contributed by atoms with E-state index in [1.807, 2.05) is 12.1 Å². The second-order valence-electron chi connectivity index (χ2n) is 4.35. The lowest BCUT2D eigenvalue weighted by Gasteiger charge is -2.16. The number of ether oxygens (including phenoxy) is 1. The van der Waals surface area contributed by atoms with Gasteiger partial charge in [0.1, 0.15) is 0 Å². The third kappa shape index (κ3) is 2.68. The predicted molar refractivity (Wildman–Crippen MR) is 64.1 cm³/mol. The Morgan fingerprint density at radius 2 is 2.06 bits per heavy atom. The number of carboxylic acid groups (broad SMARTS) is 1. The summed E-state index contributed by atoms with van der Waals surface area (Å²) >= 11 is 0. The summed E-state index contributed by atoms with van der Waals surface area (Å²) in [5.41, 5.74) is 2.72. The third-order valence-electron chi connectivity index (χ3n) is 2.98. The summed E-state index contributed by atoms with van der Waals surface area (Å²) in [5.74, 6) is -1.07. The number of carboxylic acids is 1. The number of fused-ring (bicyclic) bond motifs is 1. The highest BCUT2D eigenvalue weighted by molar-refractivity contribution is 5.94. The quantitative estimate of drug-likeness (QED) is 0.872. The minimum absolute atomic E-state index is 0.0453. The molecule has 1 aromatic carbocycles.